The number of fused-ring (bicyclic) bond motifs is 1. The lowest BCUT2D eigenvalue weighted by Crippen LogP contribution is -2.46. The Bertz CT molecular complexity index is 595. The van der Waals surface area contributed by atoms with Crippen LogP contribution < -0.4 is 5.32 Å². The third kappa shape index (κ3) is 3.12. The van der Waals surface area contributed by atoms with Crippen molar-refractivity contribution in [3.63, 3.8) is 0 Å². The molecule has 6 heteroatoms. The Balaban J connectivity index is 1.57. The summed E-state index contributed by atoms with van der Waals surface area (Å²) in [6.45, 7) is 2.98. The molecule has 0 amide bonds. The number of hydrogen-bond donors (Lipinski definition) is 1. The molecule has 0 radical (unpaired) electrons. The molecule has 2 heterocycles. The Hall–Kier alpha value is -0.980. The molecular formula is C15H23N3O2S. The molecule has 0 saturated carbocycles. The Morgan fingerprint density at radius 2 is 2.10 bits per heavy atom. The lowest BCUT2D eigenvalue weighted by molar-refractivity contribution is 0.272. The van der Waals surface area contributed by atoms with Crippen molar-refractivity contribution in [1.82, 2.24) is 14.6 Å². The fourth-order valence-corrected chi connectivity index (χ4v) is 4.47. The van der Waals surface area contributed by atoms with Gasteiger partial charge in [0.05, 0.1) is 17.5 Å². The van der Waals surface area contributed by atoms with E-state index in [4.69, 9.17) is 0 Å². The van der Waals surface area contributed by atoms with E-state index < -0.39 is 10.0 Å². The summed E-state index contributed by atoms with van der Waals surface area (Å²) in [6.07, 6.45) is 5.81. The highest BCUT2D eigenvalue weighted by Crippen LogP contribution is 2.30. The number of aryl methyl sites for hydroxylation is 1. The van der Waals surface area contributed by atoms with E-state index in [2.05, 4.69) is 16.4 Å². The molecule has 1 fully saturated rings. The largest absolute Gasteiger partial charge is 0.306 e. The fourth-order valence-electron chi connectivity index (χ4n) is 3.34. The Labute approximate surface area is 126 Å². The number of pyridine rings is 1. The second kappa shape index (κ2) is 6.02. The van der Waals surface area contributed by atoms with Crippen molar-refractivity contribution in [2.24, 2.45) is 0 Å². The maximum atomic E-state index is 11.9. The van der Waals surface area contributed by atoms with E-state index in [0.29, 0.717) is 25.2 Å². The first-order chi connectivity index (χ1) is 10.1. The van der Waals surface area contributed by atoms with E-state index in [9.17, 15) is 8.42 Å². The second-order valence-corrected chi connectivity index (χ2v) is 8.14. The average Bonchev–Trinajstić information content (AvgIpc) is 2.91. The van der Waals surface area contributed by atoms with E-state index in [-0.39, 0.29) is 5.75 Å². The van der Waals surface area contributed by atoms with Crippen LogP contribution in [-0.4, -0.2) is 42.6 Å². The molecule has 1 saturated heterocycles. The molecule has 0 bridgehead atoms. The molecule has 1 N–H and O–H groups in total. The molecule has 0 spiro atoms. The van der Waals surface area contributed by atoms with Gasteiger partial charge in [-0.15, -0.1) is 0 Å². The van der Waals surface area contributed by atoms with E-state index in [0.717, 1.165) is 25.7 Å². The van der Waals surface area contributed by atoms with Crippen molar-refractivity contribution in [1.29, 1.82) is 0 Å². The van der Waals surface area contributed by atoms with Crippen LogP contribution in [-0.2, 0) is 16.4 Å². The van der Waals surface area contributed by atoms with Gasteiger partial charge in [-0.1, -0.05) is 6.07 Å². The molecule has 2 aliphatic rings. The van der Waals surface area contributed by atoms with Gasteiger partial charge in [0.25, 0.3) is 0 Å². The highest BCUT2D eigenvalue weighted by Gasteiger charge is 2.30. The molecule has 5 nitrogen and oxygen atoms in total. The zero-order chi connectivity index (χ0) is 14.9. The summed E-state index contributed by atoms with van der Waals surface area (Å²) >= 11 is 0. The number of sulfonamides is 1. The third-order valence-electron chi connectivity index (χ3n) is 4.61. The topological polar surface area (TPSA) is 62.3 Å². The average molecular weight is 309 g/mol. The second-order valence-electron chi connectivity index (χ2n) is 5.88. The van der Waals surface area contributed by atoms with Gasteiger partial charge in [0.2, 0.25) is 10.0 Å². The zero-order valence-electron chi connectivity index (χ0n) is 12.5. The van der Waals surface area contributed by atoms with Crippen molar-refractivity contribution in [2.45, 2.75) is 44.7 Å². The van der Waals surface area contributed by atoms with Gasteiger partial charge in [-0.3, -0.25) is 4.98 Å². The van der Waals surface area contributed by atoms with Crippen LogP contribution in [0.5, 0.6) is 0 Å². The van der Waals surface area contributed by atoms with Crippen molar-refractivity contribution in [2.75, 3.05) is 18.8 Å². The first-order valence-electron chi connectivity index (χ1n) is 7.78. The standard InChI is InChI=1S/C15H23N3O2S/c1-2-21(19,20)18-10-7-13(8-11-18)17-14-6-5-12-4-3-9-16-15(12)14/h3-4,9,13-14,17H,2,5-8,10-11H2,1H3. The van der Waals surface area contributed by atoms with E-state index in [1.807, 2.05) is 12.3 Å². The van der Waals surface area contributed by atoms with Crippen molar-refractivity contribution < 1.29 is 8.42 Å². The summed E-state index contributed by atoms with van der Waals surface area (Å²) in [7, 11) is -3.03. The lowest BCUT2D eigenvalue weighted by Gasteiger charge is -2.33. The predicted molar refractivity (Wildman–Crippen MR) is 82.5 cm³/mol. The van der Waals surface area contributed by atoms with Crippen LogP contribution in [0, 0.1) is 0 Å². The highest BCUT2D eigenvalue weighted by molar-refractivity contribution is 7.89. The third-order valence-corrected chi connectivity index (χ3v) is 6.49. The van der Waals surface area contributed by atoms with Crippen LogP contribution in [0.4, 0.5) is 0 Å². The molecule has 1 aliphatic carbocycles. The van der Waals surface area contributed by atoms with Gasteiger partial charge in [-0.05, 0) is 44.2 Å². The molecule has 1 aromatic heterocycles. The molecular weight excluding hydrogens is 286 g/mol. The van der Waals surface area contributed by atoms with Crippen LogP contribution in [0.1, 0.15) is 43.5 Å². The summed E-state index contributed by atoms with van der Waals surface area (Å²) in [5, 5.41) is 3.68. The summed E-state index contributed by atoms with van der Waals surface area (Å²) in [4.78, 5) is 4.50. The minimum atomic E-state index is -3.03. The van der Waals surface area contributed by atoms with Gasteiger partial charge in [-0.2, -0.15) is 0 Å². The van der Waals surface area contributed by atoms with Crippen molar-refractivity contribution >= 4 is 10.0 Å². The van der Waals surface area contributed by atoms with Gasteiger partial charge in [0.15, 0.2) is 0 Å². The minimum absolute atomic E-state index is 0.199. The van der Waals surface area contributed by atoms with Gasteiger partial charge >= 0.3 is 0 Å². The molecule has 0 aromatic carbocycles. The summed E-state index contributed by atoms with van der Waals surface area (Å²) in [5.74, 6) is 0.199. The summed E-state index contributed by atoms with van der Waals surface area (Å²) in [5.41, 5.74) is 2.53. The molecule has 1 atom stereocenters. The van der Waals surface area contributed by atoms with E-state index in [1.54, 1.807) is 11.2 Å². The maximum absolute atomic E-state index is 11.9. The Morgan fingerprint density at radius 1 is 1.33 bits per heavy atom. The molecule has 1 aliphatic heterocycles. The number of nitrogens with one attached hydrogen (secondary N) is 1. The number of hydrogen-bond acceptors (Lipinski definition) is 4. The molecule has 1 aromatic rings. The SMILES string of the molecule is CCS(=O)(=O)N1CCC(NC2CCc3cccnc32)CC1. The van der Waals surface area contributed by atoms with Crippen LogP contribution in [0.15, 0.2) is 18.3 Å². The highest BCUT2D eigenvalue weighted by atomic mass is 32.2. The molecule has 21 heavy (non-hydrogen) atoms. The fraction of sp³-hybridized carbons (Fsp3) is 0.667. The lowest BCUT2D eigenvalue weighted by atomic mass is 10.0. The van der Waals surface area contributed by atoms with Crippen LogP contribution in [0.25, 0.3) is 0 Å². The predicted octanol–water partition coefficient (Wildman–Crippen LogP) is 1.47. The first kappa shape index (κ1) is 14.9. The Morgan fingerprint density at radius 3 is 2.81 bits per heavy atom. The smallest absolute Gasteiger partial charge is 0.213 e. The zero-order valence-corrected chi connectivity index (χ0v) is 13.3. The van der Waals surface area contributed by atoms with Gasteiger partial charge < -0.3 is 5.32 Å². The van der Waals surface area contributed by atoms with Crippen LogP contribution >= 0.6 is 0 Å². The van der Waals surface area contributed by atoms with Gasteiger partial charge in [-0.25, -0.2) is 12.7 Å². The van der Waals surface area contributed by atoms with E-state index >= 15 is 0 Å². The number of piperidine rings is 1. The normalized spacial score (nSPS) is 24.1. The van der Waals surface area contributed by atoms with Crippen molar-refractivity contribution in [3.8, 4) is 0 Å². The molecule has 116 valence electrons. The minimum Gasteiger partial charge on any atom is -0.306 e. The van der Waals surface area contributed by atoms with Gasteiger partial charge in [0, 0.05) is 25.3 Å². The first-order valence-corrected chi connectivity index (χ1v) is 9.38. The quantitative estimate of drug-likeness (QED) is 0.915. The van der Waals surface area contributed by atoms with Gasteiger partial charge in [0.1, 0.15) is 0 Å². The summed E-state index contributed by atoms with van der Waals surface area (Å²) in [6, 6.07) is 4.88. The Kier molecular flexibility index (Phi) is 4.28. The van der Waals surface area contributed by atoms with E-state index in [1.165, 1.54) is 11.3 Å². The molecule has 3 rings (SSSR count). The monoisotopic (exact) mass is 309 g/mol. The number of rotatable bonds is 4. The maximum Gasteiger partial charge on any atom is 0.213 e. The number of aromatic nitrogens is 1. The summed E-state index contributed by atoms with van der Waals surface area (Å²) < 4.78 is 25.4. The van der Waals surface area contributed by atoms with Crippen molar-refractivity contribution in [3.05, 3.63) is 29.6 Å². The van der Waals surface area contributed by atoms with Crippen LogP contribution in [0.3, 0.4) is 0 Å². The molecule has 1 unspecified atom stereocenters. The van der Waals surface area contributed by atoms with Crippen LogP contribution in [0.2, 0.25) is 0 Å². The number of nitrogens with zero attached hydrogens (tertiary/aromatic N) is 2.